The van der Waals surface area contributed by atoms with Crippen LogP contribution in [0.4, 0.5) is 0 Å². The highest BCUT2D eigenvalue weighted by Crippen LogP contribution is 2.30. The lowest BCUT2D eigenvalue weighted by molar-refractivity contribution is -0.147. The van der Waals surface area contributed by atoms with E-state index in [1.165, 1.54) is 25.7 Å². The minimum Gasteiger partial charge on any atom is -0.339 e. The van der Waals surface area contributed by atoms with E-state index in [1.807, 2.05) is 23.6 Å². The van der Waals surface area contributed by atoms with E-state index < -0.39 is 5.41 Å². The van der Waals surface area contributed by atoms with Crippen molar-refractivity contribution in [3.63, 3.8) is 0 Å². The van der Waals surface area contributed by atoms with Gasteiger partial charge in [-0.05, 0) is 25.2 Å². The molecule has 0 atom stereocenters. The van der Waals surface area contributed by atoms with Crippen molar-refractivity contribution in [3.8, 4) is 0 Å². The summed E-state index contributed by atoms with van der Waals surface area (Å²) in [6, 6.07) is 0. The molecule has 0 aromatic rings. The summed E-state index contributed by atoms with van der Waals surface area (Å²) in [5.74, 6) is 1.20. The number of nitrogens with two attached hydrogens (primary N) is 1. The molecule has 0 radical (unpaired) electrons. The maximum atomic E-state index is 12.8. The van der Waals surface area contributed by atoms with Crippen molar-refractivity contribution in [2.45, 2.75) is 65.2 Å². The lowest BCUT2D eigenvalue weighted by atomic mass is 9.81. The molecule has 138 valence electrons. The summed E-state index contributed by atoms with van der Waals surface area (Å²) in [7, 11) is 0. The molecule has 24 heavy (non-hydrogen) atoms. The van der Waals surface area contributed by atoms with Gasteiger partial charge in [0.25, 0.3) is 0 Å². The smallest absolute Gasteiger partial charge is 0.230 e. The summed E-state index contributed by atoms with van der Waals surface area (Å²) in [5.41, 5.74) is 5.48. The number of nitrogens with zero attached hydrogens (tertiary/aromatic N) is 2. The fraction of sp³-hybridized carbons (Fsp3) is 0.895. The quantitative estimate of drug-likeness (QED) is 0.776. The zero-order valence-electron chi connectivity index (χ0n) is 15.6. The number of carbonyl (C=O) groups excluding carboxylic acids is 2. The van der Waals surface area contributed by atoms with Gasteiger partial charge in [0.1, 0.15) is 0 Å². The first-order valence-corrected chi connectivity index (χ1v) is 9.83. The third-order valence-corrected chi connectivity index (χ3v) is 6.36. The highest BCUT2D eigenvalue weighted by atomic mass is 16.2. The maximum absolute atomic E-state index is 12.8. The average molecular weight is 338 g/mol. The normalized spacial score (nSPS) is 19.8. The van der Waals surface area contributed by atoms with E-state index in [0.717, 1.165) is 25.2 Å². The molecule has 2 amide bonds. The Morgan fingerprint density at radius 2 is 1.54 bits per heavy atom. The molecule has 0 aromatic heterocycles. The van der Waals surface area contributed by atoms with Crippen LogP contribution in [0.5, 0.6) is 0 Å². The molecule has 2 aliphatic rings. The Hall–Kier alpha value is -1.10. The van der Waals surface area contributed by atoms with Gasteiger partial charge in [-0.2, -0.15) is 0 Å². The first-order valence-electron chi connectivity index (χ1n) is 9.83. The van der Waals surface area contributed by atoms with Crippen LogP contribution >= 0.6 is 0 Å². The number of piperazine rings is 1. The van der Waals surface area contributed by atoms with E-state index in [1.54, 1.807) is 0 Å². The predicted octanol–water partition coefficient (Wildman–Crippen LogP) is 2.39. The molecule has 2 N–H and O–H groups in total. The Bertz CT molecular complexity index is 412. The zero-order chi connectivity index (χ0) is 17.6. The van der Waals surface area contributed by atoms with Gasteiger partial charge in [0.15, 0.2) is 0 Å². The van der Waals surface area contributed by atoms with E-state index >= 15 is 0 Å². The van der Waals surface area contributed by atoms with Gasteiger partial charge in [-0.3, -0.25) is 9.59 Å². The molecule has 5 heteroatoms. The second-order valence-corrected chi connectivity index (χ2v) is 7.55. The first kappa shape index (κ1) is 19.2. The maximum Gasteiger partial charge on any atom is 0.230 e. The Balaban J connectivity index is 1.79. The SMILES string of the molecule is CCC(CC)(CN)C(=O)N1CCN(C(=O)CCC2CCCC2)CC1. The molecule has 5 nitrogen and oxygen atoms in total. The van der Waals surface area contributed by atoms with Crippen LogP contribution in [0.3, 0.4) is 0 Å². The lowest BCUT2D eigenvalue weighted by Gasteiger charge is -2.40. The molecule has 1 heterocycles. The van der Waals surface area contributed by atoms with E-state index in [4.69, 9.17) is 5.73 Å². The fourth-order valence-corrected chi connectivity index (χ4v) is 4.21. The molecule has 1 saturated heterocycles. The molecule has 1 aliphatic carbocycles. The number of hydrogen-bond donors (Lipinski definition) is 1. The first-order chi connectivity index (χ1) is 11.6. The van der Waals surface area contributed by atoms with Gasteiger partial charge < -0.3 is 15.5 Å². The predicted molar refractivity (Wildman–Crippen MR) is 96.4 cm³/mol. The highest BCUT2D eigenvalue weighted by molar-refractivity contribution is 5.83. The van der Waals surface area contributed by atoms with E-state index in [9.17, 15) is 9.59 Å². The van der Waals surface area contributed by atoms with Crippen LogP contribution in [0.1, 0.15) is 65.2 Å². The van der Waals surface area contributed by atoms with E-state index in [2.05, 4.69) is 0 Å². The number of carbonyl (C=O) groups is 2. The third kappa shape index (κ3) is 4.29. The van der Waals surface area contributed by atoms with Gasteiger partial charge in [0.2, 0.25) is 11.8 Å². The standard InChI is InChI=1S/C19H35N3O2/c1-3-19(4-2,15-20)18(24)22-13-11-21(12-14-22)17(23)10-9-16-7-5-6-8-16/h16H,3-15,20H2,1-2H3. The molecular formula is C19H35N3O2. The lowest BCUT2D eigenvalue weighted by Crippen LogP contribution is -2.55. The Labute approximate surface area is 146 Å². The van der Waals surface area contributed by atoms with Crippen LogP contribution in [0.15, 0.2) is 0 Å². The van der Waals surface area contributed by atoms with Crippen LogP contribution in [-0.4, -0.2) is 54.3 Å². The summed E-state index contributed by atoms with van der Waals surface area (Å²) in [6.07, 6.45) is 8.53. The molecule has 0 aromatic carbocycles. The number of amides is 2. The van der Waals surface area contributed by atoms with Crippen molar-refractivity contribution < 1.29 is 9.59 Å². The van der Waals surface area contributed by atoms with Crippen LogP contribution in [0.2, 0.25) is 0 Å². The van der Waals surface area contributed by atoms with Gasteiger partial charge in [0.05, 0.1) is 5.41 Å². The van der Waals surface area contributed by atoms with Crippen LogP contribution < -0.4 is 5.73 Å². The van der Waals surface area contributed by atoms with Crippen molar-refractivity contribution in [2.24, 2.45) is 17.1 Å². The third-order valence-electron chi connectivity index (χ3n) is 6.36. The minimum atomic E-state index is -0.422. The van der Waals surface area contributed by atoms with Crippen molar-refractivity contribution >= 4 is 11.8 Å². The minimum absolute atomic E-state index is 0.174. The highest BCUT2D eigenvalue weighted by Gasteiger charge is 2.38. The molecule has 1 aliphatic heterocycles. The molecule has 0 unspecified atom stereocenters. The van der Waals surface area contributed by atoms with Gasteiger partial charge in [-0.15, -0.1) is 0 Å². The Kier molecular flexibility index (Phi) is 7.08. The van der Waals surface area contributed by atoms with Crippen LogP contribution in [-0.2, 0) is 9.59 Å². The van der Waals surface area contributed by atoms with Crippen molar-refractivity contribution in [2.75, 3.05) is 32.7 Å². The summed E-state index contributed by atoms with van der Waals surface area (Å²) in [6.45, 7) is 7.12. The summed E-state index contributed by atoms with van der Waals surface area (Å²) in [5, 5.41) is 0. The van der Waals surface area contributed by atoms with Crippen molar-refractivity contribution in [3.05, 3.63) is 0 Å². The topological polar surface area (TPSA) is 66.6 Å². The van der Waals surface area contributed by atoms with Crippen molar-refractivity contribution in [1.29, 1.82) is 0 Å². The van der Waals surface area contributed by atoms with Gasteiger partial charge in [-0.1, -0.05) is 39.5 Å². The summed E-state index contributed by atoms with van der Waals surface area (Å²) in [4.78, 5) is 29.1. The molecular weight excluding hydrogens is 302 g/mol. The average Bonchev–Trinajstić information content (AvgIpc) is 3.15. The molecule has 0 bridgehead atoms. The molecule has 2 rings (SSSR count). The number of hydrogen-bond acceptors (Lipinski definition) is 3. The van der Waals surface area contributed by atoms with Crippen LogP contribution in [0, 0.1) is 11.3 Å². The number of rotatable bonds is 7. The fourth-order valence-electron chi connectivity index (χ4n) is 4.21. The monoisotopic (exact) mass is 337 g/mol. The van der Waals surface area contributed by atoms with Gasteiger partial charge >= 0.3 is 0 Å². The second-order valence-electron chi connectivity index (χ2n) is 7.55. The van der Waals surface area contributed by atoms with E-state index in [0.29, 0.717) is 39.1 Å². The zero-order valence-corrected chi connectivity index (χ0v) is 15.6. The molecule has 0 spiro atoms. The summed E-state index contributed by atoms with van der Waals surface area (Å²) < 4.78 is 0. The van der Waals surface area contributed by atoms with E-state index in [-0.39, 0.29) is 11.8 Å². The Morgan fingerprint density at radius 3 is 2.04 bits per heavy atom. The van der Waals surface area contributed by atoms with Crippen LogP contribution in [0.25, 0.3) is 0 Å². The summed E-state index contributed by atoms with van der Waals surface area (Å²) >= 11 is 0. The largest absolute Gasteiger partial charge is 0.339 e. The van der Waals surface area contributed by atoms with Crippen molar-refractivity contribution in [1.82, 2.24) is 9.80 Å². The van der Waals surface area contributed by atoms with Gasteiger partial charge in [-0.25, -0.2) is 0 Å². The molecule has 1 saturated carbocycles. The van der Waals surface area contributed by atoms with Gasteiger partial charge in [0, 0.05) is 39.1 Å². The Morgan fingerprint density at radius 1 is 1.00 bits per heavy atom. The second kappa shape index (κ2) is 8.84. The molecule has 2 fully saturated rings.